The second-order valence-corrected chi connectivity index (χ2v) is 15.5. The Morgan fingerprint density at radius 2 is 1.45 bits per heavy atom. The number of rotatable bonds is 2. The van der Waals surface area contributed by atoms with Gasteiger partial charge in [-0.05, 0) is 51.4 Å². The average molecular weight is 594 g/mol. The highest BCUT2D eigenvalue weighted by molar-refractivity contribution is 5.67. The quantitative estimate of drug-likeness (QED) is 0.285. The molecule has 0 aromatic carbocycles. The average Bonchev–Trinajstić information content (AvgIpc) is 3.05. The van der Waals surface area contributed by atoms with E-state index in [0.717, 1.165) is 6.42 Å². The van der Waals surface area contributed by atoms with E-state index in [-0.39, 0.29) is 19.4 Å². The van der Waals surface area contributed by atoms with Gasteiger partial charge in [-0.15, -0.1) is 0 Å². The fourth-order valence-electron chi connectivity index (χ4n) is 11.9. The molecule has 4 aliphatic carbocycles. The maximum absolute atomic E-state index is 13.0. The molecule has 11 nitrogen and oxygen atoms in total. The largest absolute Gasteiger partial charge is 0.459 e. The van der Waals surface area contributed by atoms with Gasteiger partial charge in [0.05, 0.1) is 5.60 Å². The molecule has 5 N–H and O–H groups in total. The van der Waals surface area contributed by atoms with Crippen LogP contribution in [0.15, 0.2) is 0 Å². The smallest absolute Gasteiger partial charge is 0.303 e. The molecule has 0 radical (unpaired) electrons. The van der Waals surface area contributed by atoms with Gasteiger partial charge in [0.2, 0.25) is 5.79 Å². The van der Waals surface area contributed by atoms with E-state index < -0.39 is 87.1 Å². The number of fused-ring (bicyclic) bond motifs is 5. The molecule has 1 spiro atoms. The van der Waals surface area contributed by atoms with E-state index in [1.165, 1.54) is 13.8 Å². The van der Waals surface area contributed by atoms with E-state index in [1.54, 1.807) is 6.92 Å². The van der Waals surface area contributed by atoms with Crippen molar-refractivity contribution in [1.82, 2.24) is 4.90 Å². The van der Waals surface area contributed by atoms with E-state index in [2.05, 4.69) is 11.8 Å². The van der Waals surface area contributed by atoms with Crippen LogP contribution in [0.25, 0.3) is 0 Å². The van der Waals surface area contributed by atoms with Crippen LogP contribution >= 0.6 is 0 Å². The van der Waals surface area contributed by atoms with Gasteiger partial charge in [-0.1, -0.05) is 13.8 Å². The molecule has 0 amide bonds. The van der Waals surface area contributed by atoms with Gasteiger partial charge >= 0.3 is 11.9 Å². The van der Waals surface area contributed by atoms with E-state index in [1.807, 2.05) is 6.92 Å². The Bertz CT molecular complexity index is 1210. The summed E-state index contributed by atoms with van der Waals surface area (Å²) in [5, 5.41) is 63.0. The maximum atomic E-state index is 13.0. The van der Waals surface area contributed by atoms with Crippen LogP contribution in [-0.2, 0) is 23.8 Å². The molecule has 7 rings (SSSR count). The molecule has 4 saturated carbocycles. The summed E-state index contributed by atoms with van der Waals surface area (Å²) in [7, 11) is 0. The second kappa shape index (κ2) is 8.47. The lowest BCUT2D eigenvalue weighted by Crippen LogP contribution is -2.85. The van der Waals surface area contributed by atoms with Gasteiger partial charge in [-0.2, -0.15) is 0 Å². The molecule has 0 aromatic rings. The van der Waals surface area contributed by atoms with Crippen LogP contribution in [0.4, 0.5) is 0 Å². The number of carbonyl (C=O) groups is 2. The van der Waals surface area contributed by atoms with E-state index >= 15 is 0 Å². The van der Waals surface area contributed by atoms with Crippen molar-refractivity contribution >= 4 is 11.9 Å². The van der Waals surface area contributed by atoms with Gasteiger partial charge in [0.25, 0.3) is 0 Å². The molecule has 3 aliphatic heterocycles. The van der Waals surface area contributed by atoms with Crippen molar-refractivity contribution in [1.29, 1.82) is 0 Å². The molecular weight excluding hydrogens is 546 g/mol. The zero-order valence-corrected chi connectivity index (χ0v) is 25.3. The minimum Gasteiger partial charge on any atom is -0.459 e. The Labute approximate surface area is 246 Å². The standard InChI is InChI=1S/C31H47NO10/c1-16-6-9-22-26(5,35)30(38)21(14-32(22)13-16)28(37)15-29-20(27(28,36)12-24(30)41-18(3)34)8-7-19-25(29,4)11-10-23(40-17(2)33)31(19,39)42-29/h16,19-24,35-39H,6-15H2,1-5H3/t16-,19-,20-,21-,22-,23-,24-,25-,26+,27+,28+,29+,30-,31-/m0/s1. The van der Waals surface area contributed by atoms with Crippen molar-refractivity contribution in [2.75, 3.05) is 13.1 Å². The number of esters is 2. The zero-order valence-electron chi connectivity index (χ0n) is 25.3. The SMILES string of the molecule is CC(=O)O[C@H]1CC[C@@]2(C)[C@@H]3CC[C@H]4[C@]5(O)C[C@H](OC(C)=O)[C@@]6(O)[C@@H](CN7C[C@@H](C)CC[C@H]7[C@@]6(C)O)[C@]5(O)C[C@@]42O[C@]13O. The third kappa shape index (κ3) is 3.12. The lowest BCUT2D eigenvalue weighted by molar-refractivity contribution is -0.354. The fraction of sp³-hybridized carbons (Fsp3) is 0.935. The molecule has 3 saturated heterocycles. The summed E-state index contributed by atoms with van der Waals surface area (Å²) in [6.45, 7) is 9.14. The minimum absolute atomic E-state index is 0.0762. The number of hydrogen-bond donors (Lipinski definition) is 5. The summed E-state index contributed by atoms with van der Waals surface area (Å²) in [5.41, 5.74) is -9.49. The first-order valence-corrected chi connectivity index (χ1v) is 15.8. The van der Waals surface area contributed by atoms with Gasteiger partial charge in [0.15, 0.2) is 6.10 Å². The molecule has 0 aromatic heterocycles. The molecule has 42 heavy (non-hydrogen) atoms. The molecule has 236 valence electrons. The van der Waals surface area contributed by atoms with Crippen LogP contribution in [0.3, 0.4) is 0 Å². The number of nitrogens with zero attached hydrogens (tertiary/aromatic N) is 1. The summed E-state index contributed by atoms with van der Waals surface area (Å²) >= 11 is 0. The van der Waals surface area contributed by atoms with Crippen molar-refractivity contribution in [2.24, 2.45) is 29.1 Å². The zero-order chi connectivity index (χ0) is 30.5. The molecule has 7 aliphatic rings. The Kier molecular flexibility index (Phi) is 5.92. The van der Waals surface area contributed by atoms with Crippen molar-refractivity contribution in [3.63, 3.8) is 0 Å². The highest BCUT2D eigenvalue weighted by Gasteiger charge is 2.89. The summed E-state index contributed by atoms with van der Waals surface area (Å²) in [4.78, 5) is 26.5. The van der Waals surface area contributed by atoms with Crippen molar-refractivity contribution in [3.05, 3.63) is 0 Å². The number of hydrogen-bond acceptors (Lipinski definition) is 11. The molecule has 7 fully saturated rings. The molecule has 4 bridgehead atoms. The molecule has 3 heterocycles. The highest BCUT2D eigenvalue weighted by Crippen LogP contribution is 2.78. The van der Waals surface area contributed by atoms with Crippen LogP contribution < -0.4 is 0 Å². The molecule has 0 unspecified atom stereocenters. The molecule has 14 atom stereocenters. The summed E-state index contributed by atoms with van der Waals surface area (Å²) in [6, 6.07) is -0.418. The normalized spacial score (nSPS) is 59.6. The highest BCUT2D eigenvalue weighted by atomic mass is 16.7. The number of aliphatic hydroxyl groups is 5. The van der Waals surface area contributed by atoms with Crippen molar-refractivity contribution in [2.45, 2.75) is 138 Å². The van der Waals surface area contributed by atoms with Gasteiger partial charge < -0.3 is 39.7 Å². The van der Waals surface area contributed by atoms with Crippen LogP contribution in [0.5, 0.6) is 0 Å². The topological polar surface area (TPSA) is 166 Å². The van der Waals surface area contributed by atoms with Crippen molar-refractivity contribution in [3.8, 4) is 0 Å². The van der Waals surface area contributed by atoms with Crippen LogP contribution in [0.1, 0.15) is 86.0 Å². The first kappa shape index (κ1) is 29.4. The minimum atomic E-state index is -2.06. The maximum Gasteiger partial charge on any atom is 0.303 e. The number of piperidine rings is 2. The van der Waals surface area contributed by atoms with Gasteiger partial charge in [-0.25, -0.2) is 0 Å². The Balaban J connectivity index is 1.38. The van der Waals surface area contributed by atoms with Crippen LogP contribution in [-0.4, -0.2) is 108 Å². The van der Waals surface area contributed by atoms with E-state index in [4.69, 9.17) is 14.2 Å². The van der Waals surface area contributed by atoms with Gasteiger partial charge in [0, 0.05) is 69.0 Å². The van der Waals surface area contributed by atoms with E-state index in [0.29, 0.717) is 44.6 Å². The van der Waals surface area contributed by atoms with Gasteiger partial charge in [-0.3, -0.25) is 14.5 Å². The Morgan fingerprint density at radius 1 is 0.810 bits per heavy atom. The monoisotopic (exact) mass is 593 g/mol. The summed E-state index contributed by atoms with van der Waals surface area (Å²) in [5.74, 6) is -4.74. The first-order chi connectivity index (χ1) is 19.4. The molecular formula is C31H47NO10. The number of ether oxygens (including phenoxy) is 3. The fourth-order valence-corrected chi connectivity index (χ4v) is 11.9. The third-order valence-corrected chi connectivity index (χ3v) is 13.6. The van der Waals surface area contributed by atoms with Gasteiger partial charge in [0.1, 0.15) is 28.5 Å². The Morgan fingerprint density at radius 3 is 2.12 bits per heavy atom. The first-order valence-electron chi connectivity index (χ1n) is 15.8. The summed E-state index contributed by atoms with van der Waals surface area (Å²) in [6.07, 6.45) is 0.814. The lowest BCUT2D eigenvalue weighted by atomic mass is 9.48. The van der Waals surface area contributed by atoms with E-state index in [9.17, 15) is 35.1 Å². The second-order valence-electron chi connectivity index (χ2n) is 15.5. The van der Waals surface area contributed by atoms with Crippen LogP contribution in [0, 0.1) is 29.1 Å². The van der Waals surface area contributed by atoms with Crippen molar-refractivity contribution < 1.29 is 49.3 Å². The molecule has 11 heteroatoms. The van der Waals surface area contributed by atoms with Crippen LogP contribution in [0.2, 0.25) is 0 Å². The predicted octanol–water partition coefficient (Wildman–Crippen LogP) is 0.616. The predicted molar refractivity (Wildman–Crippen MR) is 145 cm³/mol. The lowest BCUT2D eigenvalue weighted by Gasteiger charge is -2.68. The third-order valence-electron chi connectivity index (χ3n) is 13.6. The Hall–Kier alpha value is -1.34. The number of carbonyl (C=O) groups excluding carboxylic acids is 2. The summed E-state index contributed by atoms with van der Waals surface area (Å²) < 4.78 is 18.1.